The second-order valence-electron chi connectivity index (χ2n) is 5.15. The summed E-state index contributed by atoms with van der Waals surface area (Å²) in [4.78, 5) is 24.6. The summed E-state index contributed by atoms with van der Waals surface area (Å²) < 4.78 is 0. The molecule has 0 unspecified atom stereocenters. The average molecular weight is 313 g/mol. The van der Waals surface area contributed by atoms with Gasteiger partial charge in [0.25, 0.3) is 0 Å². The first-order chi connectivity index (χ1) is 9.81. The van der Waals surface area contributed by atoms with Crippen LogP contribution in [0.2, 0.25) is 5.02 Å². The molecular formula is C15H21ClN2O3. The molecule has 0 atom stereocenters. The highest BCUT2D eigenvalue weighted by Gasteiger charge is 2.26. The normalized spacial score (nSPS) is 11.0. The van der Waals surface area contributed by atoms with Gasteiger partial charge in [-0.15, -0.1) is 0 Å². The van der Waals surface area contributed by atoms with E-state index in [-0.39, 0.29) is 5.54 Å². The molecule has 0 spiro atoms. The Morgan fingerprint density at radius 2 is 1.76 bits per heavy atom. The number of hydrogen-bond donors (Lipinski definition) is 2. The second kappa shape index (κ2) is 7.31. The molecule has 21 heavy (non-hydrogen) atoms. The van der Waals surface area contributed by atoms with Crippen molar-refractivity contribution in [3.05, 3.63) is 29.3 Å². The quantitative estimate of drug-likeness (QED) is 0.844. The van der Waals surface area contributed by atoms with Crippen molar-refractivity contribution in [1.29, 1.82) is 0 Å². The fraction of sp³-hybridized carbons (Fsp3) is 0.467. The van der Waals surface area contributed by atoms with E-state index in [4.69, 9.17) is 16.7 Å². The minimum absolute atomic E-state index is 0.361. The van der Waals surface area contributed by atoms with Gasteiger partial charge in [-0.3, -0.25) is 9.69 Å². The molecule has 1 aromatic rings. The standard InChI is InChI=1S/C15H21ClN2O3/c1-4-15(3,5-2)17-14(21)18(10-13(19)20)12-8-6-11(16)7-9-12/h6-9H,4-5,10H2,1-3H3,(H,17,21)(H,19,20). The topological polar surface area (TPSA) is 69.6 Å². The third kappa shape index (κ3) is 4.93. The predicted octanol–water partition coefficient (Wildman–Crippen LogP) is 3.52. The molecule has 0 bridgehead atoms. The summed E-state index contributed by atoms with van der Waals surface area (Å²) in [6, 6.07) is 6.07. The largest absolute Gasteiger partial charge is 0.480 e. The van der Waals surface area contributed by atoms with E-state index < -0.39 is 18.5 Å². The molecule has 0 saturated heterocycles. The molecule has 6 heteroatoms. The van der Waals surface area contributed by atoms with E-state index in [9.17, 15) is 9.59 Å². The molecule has 116 valence electrons. The van der Waals surface area contributed by atoms with E-state index in [1.165, 1.54) is 4.90 Å². The molecule has 2 N–H and O–H groups in total. The Labute approximate surface area is 129 Å². The molecule has 0 saturated carbocycles. The summed E-state index contributed by atoms with van der Waals surface area (Å²) in [5.74, 6) is -1.07. The van der Waals surface area contributed by atoms with Crippen molar-refractivity contribution in [1.82, 2.24) is 5.32 Å². The summed E-state index contributed by atoms with van der Waals surface area (Å²) >= 11 is 5.82. The van der Waals surface area contributed by atoms with Crippen molar-refractivity contribution in [3.63, 3.8) is 0 Å². The maximum absolute atomic E-state index is 12.4. The maximum Gasteiger partial charge on any atom is 0.323 e. The smallest absolute Gasteiger partial charge is 0.323 e. The van der Waals surface area contributed by atoms with Gasteiger partial charge >= 0.3 is 12.0 Å². The van der Waals surface area contributed by atoms with E-state index >= 15 is 0 Å². The zero-order valence-electron chi connectivity index (χ0n) is 12.5. The Morgan fingerprint density at radius 3 is 2.19 bits per heavy atom. The van der Waals surface area contributed by atoms with Crippen molar-refractivity contribution < 1.29 is 14.7 Å². The van der Waals surface area contributed by atoms with Crippen LogP contribution in [0.4, 0.5) is 10.5 Å². The lowest BCUT2D eigenvalue weighted by Gasteiger charge is -2.32. The SMILES string of the molecule is CCC(C)(CC)NC(=O)N(CC(=O)O)c1ccc(Cl)cc1. The number of aliphatic carboxylic acids is 1. The van der Waals surface area contributed by atoms with E-state index in [0.29, 0.717) is 10.7 Å². The lowest BCUT2D eigenvalue weighted by molar-refractivity contribution is -0.135. The van der Waals surface area contributed by atoms with Crippen LogP contribution in [0.5, 0.6) is 0 Å². The van der Waals surface area contributed by atoms with Gasteiger partial charge in [0, 0.05) is 16.2 Å². The van der Waals surface area contributed by atoms with Crippen molar-refractivity contribution in [3.8, 4) is 0 Å². The van der Waals surface area contributed by atoms with Gasteiger partial charge < -0.3 is 10.4 Å². The molecule has 0 radical (unpaired) electrons. The van der Waals surface area contributed by atoms with Gasteiger partial charge in [0.05, 0.1) is 0 Å². The van der Waals surface area contributed by atoms with Gasteiger partial charge in [-0.25, -0.2) is 4.79 Å². The van der Waals surface area contributed by atoms with Crippen molar-refractivity contribution >= 4 is 29.3 Å². The lowest BCUT2D eigenvalue weighted by atomic mass is 9.96. The van der Waals surface area contributed by atoms with Crippen molar-refractivity contribution in [2.45, 2.75) is 39.2 Å². The summed E-state index contributed by atoms with van der Waals surface area (Å²) in [6.07, 6.45) is 1.52. The number of nitrogens with zero attached hydrogens (tertiary/aromatic N) is 1. The number of benzene rings is 1. The molecule has 2 amide bonds. The van der Waals surface area contributed by atoms with Gasteiger partial charge in [-0.2, -0.15) is 0 Å². The zero-order chi connectivity index (χ0) is 16.0. The number of nitrogens with one attached hydrogen (secondary N) is 1. The van der Waals surface area contributed by atoms with Crippen LogP contribution in [0.15, 0.2) is 24.3 Å². The molecule has 1 rings (SSSR count). The fourth-order valence-corrected chi connectivity index (χ4v) is 1.92. The maximum atomic E-state index is 12.4. The van der Waals surface area contributed by atoms with E-state index in [1.54, 1.807) is 24.3 Å². The van der Waals surface area contributed by atoms with Gasteiger partial charge in [0.1, 0.15) is 6.54 Å². The lowest BCUT2D eigenvalue weighted by Crippen LogP contribution is -2.52. The minimum atomic E-state index is -1.07. The predicted molar refractivity (Wildman–Crippen MR) is 84.0 cm³/mol. The number of carbonyl (C=O) groups is 2. The highest BCUT2D eigenvalue weighted by molar-refractivity contribution is 6.30. The van der Waals surface area contributed by atoms with Gasteiger partial charge in [-0.05, 0) is 44.0 Å². The van der Waals surface area contributed by atoms with Crippen LogP contribution in [-0.4, -0.2) is 29.2 Å². The molecule has 0 aliphatic rings. The van der Waals surface area contributed by atoms with Crippen molar-refractivity contribution in [2.75, 3.05) is 11.4 Å². The summed E-state index contributed by atoms with van der Waals surface area (Å²) in [5.41, 5.74) is 0.133. The molecule has 0 aliphatic heterocycles. The Hall–Kier alpha value is -1.75. The van der Waals surface area contributed by atoms with Gasteiger partial charge in [0.2, 0.25) is 0 Å². The number of urea groups is 1. The van der Waals surface area contributed by atoms with E-state index in [2.05, 4.69) is 5.32 Å². The average Bonchev–Trinajstić information content (AvgIpc) is 2.45. The number of hydrogen-bond acceptors (Lipinski definition) is 2. The Kier molecular flexibility index (Phi) is 6.03. The number of amides is 2. The molecule has 0 aromatic heterocycles. The third-order valence-electron chi connectivity index (χ3n) is 3.65. The first-order valence-electron chi connectivity index (χ1n) is 6.88. The highest BCUT2D eigenvalue weighted by atomic mass is 35.5. The van der Waals surface area contributed by atoms with Crippen LogP contribution in [0.1, 0.15) is 33.6 Å². The highest BCUT2D eigenvalue weighted by Crippen LogP contribution is 2.20. The zero-order valence-corrected chi connectivity index (χ0v) is 13.3. The number of carboxylic acids is 1. The van der Waals surface area contributed by atoms with E-state index in [0.717, 1.165) is 12.8 Å². The first kappa shape index (κ1) is 17.3. The number of anilines is 1. The van der Waals surface area contributed by atoms with Crippen LogP contribution in [-0.2, 0) is 4.79 Å². The van der Waals surface area contributed by atoms with E-state index in [1.807, 2.05) is 20.8 Å². The number of halogens is 1. The van der Waals surface area contributed by atoms with Crippen LogP contribution in [0.3, 0.4) is 0 Å². The molecule has 0 fully saturated rings. The number of carboxylic acid groups (broad SMARTS) is 1. The molecule has 1 aromatic carbocycles. The van der Waals surface area contributed by atoms with Gasteiger partial charge in [-0.1, -0.05) is 25.4 Å². The fourth-order valence-electron chi connectivity index (χ4n) is 1.79. The number of carbonyl (C=O) groups excluding carboxylic acids is 1. The summed E-state index contributed by atoms with van der Waals surface area (Å²) in [6.45, 7) is 5.49. The Morgan fingerprint density at radius 1 is 1.24 bits per heavy atom. The Bertz CT molecular complexity index is 498. The molecular weight excluding hydrogens is 292 g/mol. The second-order valence-corrected chi connectivity index (χ2v) is 5.59. The monoisotopic (exact) mass is 312 g/mol. The van der Waals surface area contributed by atoms with Crippen LogP contribution < -0.4 is 10.2 Å². The van der Waals surface area contributed by atoms with Gasteiger partial charge in [0.15, 0.2) is 0 Å². The van der Waals surface area contributed by atoms with Crippen LogP contribution >= 0.6 is 11.6 Å². The Balaban J connectivity index is 2.99. The number of rotatable bonds is 6. The first-order valence-corrected chi connectivity index (χ1v) is 7.26. The summed E-state index contributed by atoms with van der Waals surface area (Å²) in [5, 5.41) is 12.4. The summed E-state index contributed by atoms with van der Waals surface area (Å²) in [7, 11) is 0. The minimum Gasteiger partial charge on any atom is -0.480 e. The third-order valence-corrected chi connectivity index (χ3v) is 3.90. The van der Waals surface area contributed by atoms with Crippen LogP contribution in [0, 0.1) is 0 Å². The van der Waals surface area contributed by atoms with Crippen molar-refractivity contribution in [2.24, 2.45) is 0 Å². The van der Waals surface area contributed by atoms with Crippen LogP contribution in [0.25, 0.3) is 0 Å². The molecule has 0 aliphatic carbocycles. The molecule has 0 heterocycles. The molecule has 5 nitrogen and oxygen atoms in total.